The zero-order valence-electron chi connectivity index (χ0n) is 13.9. The summed E-state index contributed by atoms with van der Waals surface area (Å²) in [4.78, 5) is 11.8. The lowest BCUT2D eigenvalue weighted by molar-refractivity contribution is -0.137. The monoisotopic (exact) mass is 467 g/mol. The Balaban J connectivity index is 2.24. The molecule has 0 saturated heterocycles. The Kier molecular flexibility index (Phi) is 8.20. The van der Waals surface area contributed by atoms with Crippen molar-refractivity contribution < 1.29 is 9.53 Å². The van der Waals surface area contributed by atoms with E-state index in [1.807, 2.05) is 0 Å². The van der Waals surface area contributed by atoms with Crippen LogP contribution in [0.4, 0.5) is 11.4 Å². The number of esters is 1. The van der Waals surface area contributed by atoms with Crippen molar-refractivity contribution in [1.82, 2.24) is 5.43 Å². The molecule has 0 amide bonds. The van der Waals surface area contributed by atoms with Gasteiger partial charge in [0.25, 0.3) is 0 Å². The van der Waals surface area contributed by atoms with Crippen LogP contribution < -0.4 is 16.2 Å². The van der Waals surface area contributed by atoms with Crippen molar-refractivity contribution in [3.8, 4) is 0 Å². The second-order valence-electron chi connectivity index (χ2n) is 5.05. The molecular formula is C17H14Cl5N3O2. The van der Waals surface area contributed by atoms with Crippen LogP contribution in [-0.4, -0.2) is 12.6 Å². The summed E-state index contributed by atoms with van der Waals surface area (Å²) in [5.74, 6) is -0.326. The van der Waals surface area contributed by atoms with Crippen LogP contribution in [0, 0.1) is 0 Å². The van der Waals surface area contributed by atoms with Crippen LogP contribution in [0.1, 0.15) is 6.92 Å². The maximum Gasteiger partial charge on any atom is 0.334 e. The number of carbonyl (C=O) groups is 1. The molecule has 144 valence electrons. The highest BCUT2D eigenvalue weighted by Gasteiger charge is 2.10. The van der Waals surface area contributed by atoms with E-state index in [0.29, 0.717) is 36.5 Å². The number of ether oxygens (including phenoxy) is 1. The zero-order chi connectivity index (χ0) is 20.0. The van der Waals surface area contributed by atoms with Crippen molar-refractivity contribution >= 4 is 75.3 Å². The summed E-state index contributed by atoms with van der Waals surface area (Å²) in [7, 11) is 0. The molecule has 0 atom stereocenters. The summed E-state index contributed by atoms with van der Waals surface area (Å²) in [6.07, 6.45) is 1.21. The van der Waals surface area contributed by atoms with Crippen molar-refractivity contribution in [3.63, 3.8) is 0 Å². The predicted molar refractivity (Wildman–Crippen MR) is 113 cm³/mol. The Bertz CT molecular complexity index is 851. The summed E-state index contributed by atoms with van der Waals surface area (Å²) in [5, 5.41) is 4.79. The Morgan fingerprint density at radius 1 is 1.00 bits per heavy atom. The summed E-state index contributed by atoms with van der Waals surface area (Å²) in [6.45, 7) is 1.93. The standard InChI is InChI=1S/C17H14Cl5N3O2/c1-2-27-16(26)8-15(23-14-4-3-9(18)5-11(14)20)24-25-17-12(21)6-10(19)7-13(17)22/h3-8,23-25H,2H2,1H3. The lowest BCUT2D eigenvalue weighted by Crippen LogP contribution is -2.27. The molecular weight excluding hydrogens is 455 g/mol. The van der Waals surface area contributed by atoms with Gasteiger partial charge in [-0.05, 0) is 37.3 Å². The van der Waals surface area contributed by atoms with Crippen LogP contribution in [-0.2, 0) is 9.53 Å². The minimum absolute atomic E-state index is 0.229. The fraction of sp³-hybridized carbons (Fsp3) is 0.118. The Labute approximate surface area is 181 Å². The third-order valence-corrected chi connectivity index (χ3v) is 4.44. The van der Waals surface area contributed by atoms with Crippen LogP contribution in [0.15, 0.2) is 42.2 Å². The van der Waals surface area contributed by atoms with E-state index in [0.717, 1.165) is 0 Å². The second kappa shape index (κ2) is 10.2. The van der Waals surface area contributed by atoms with Gasteiger partial charge in [0.2, 0.25) is 0 Å². The molecule has 0 aliphatic heterocycles. The maximum absolute atomic E-state index is 11.8. The molecule has 0 unspecified atom stereocenters. The quantitative estimate of drug-likeness (QED) is 0.249. The molecule has 0 bridgehead atoms. The molecule has 5 nitrogen and oxygen atoms in total. The molecule has 27 heavy (non-hydrogen) atoms. The van der Waals surface area contributed by atoms with Crippen LogP contribution in [0.5, 0.6) is 0 Å². The molecule has 10 heteroatoms. The number of rotatable bonds is 7. The first kappa shape index (κ1) is 21.8. The molecule has 0 radical (unpaired) electrons. The van der Waals surface area contributed by atoms with Gasteiger partial charge in [0.05, 0.1) is 39.1 Å². The van der Waals surface area contributed by atoms with Crippen LogP contribution >= 0.6 is 58.0 Å². The van der Waals surface area contributed by atoms with Gasteiger partial charge in [-0.2, -0.15) is 0 Å². The highest BCUT2D eigenvalue weighted by atomic mass is 35.5. The number of hydrazine groups is 1. The summed E-state index contributed by atoms with van der Waals surface area (Å²) < 4.78 is 4.93. The zero-order valence-corrected chi connectivity index (χ0v) is 17.7. The van der Waals surface area contributed by atoms with Gasteiger partial charge in [0, 0.05) is 10.0 Å². The number of nitrogens with one attached hydrogen (secondary N) is 3. The van der Waals surface area contributed by atoms with Crippen LogP contribution in [0.3, 0.4) is 0 Å². The molecule has 0 spiro atoms. The van der Waals surface area contributed by atoms with Gasteiger partial charge in [-0.3, -0.25) is 10.9 Å². The third kappa shape index (κ3) is 6.55. The Morgan fingerprint density at radius 2 is 1.63 bits per heavy atom. The van der Waals surface area contributed by atoms with E-state index < -0.39 is 5.97 Å². The van der Waals surface area contributed by atoms with E-state index in [2.05, 4.69) is 16.2 Å². The van der Waals surface area contributed by atoms with Crippen molar-refractivity contribution in [2.45, 2.75) is 6.92 Å². The van der Waals surface area contributed by atoms with Crippen molar-refractivity contribution in [3.05, 3.63) is 67.3 Å². The molecule has 0 aliphatic carbocycles. The van der Waals surface area contributed by atoms with E-state index in [9.17, 15) is 4.79 Å². The molecule has 2 rings (SSSR count). The summed E-state index contributed by atoms with van der Waals surface area (Å²) in [5.41, 5.74) is 6.53. The van der Waals surface area contributed by atoms with E-state index in [-0.39, 0.29) is 12.4 Å². The van der Waals surface area contributed by atoms with Crippen LogP contribution in [0.25, 0.3) is 0 Å². The normalized spacial score (nSPS) is 11.1. The van der Waals surface area contributed by atoms with Gasteiger partial charge in [0.1, 0.15) is 5.82 Å². The average Bonchev–Trinajstić information content (AvgIpc) is 2.56. The van der Waals surface area contributed by atoms with Crippen molar-refractivity contribution in [1.29, 1.82) is 0 Å². The number of hydrogen-bond donors (Lipinski definition) is 3. The smallest absolute Gasteiger partial charge is 0.334 e. The van der Waals surface area contributed by atoms with E-state index in [1.165, 1.54) is 18.2 Å². The SMILES string of the molecule is CCOC(=O)C=C(NNc1c(Cl)cc(Cl)cc1Cl)Nc1ccc(Cl)cc1Cl. The third-order valence-electron chi connectivity index (χ3n) is 3.08. The first-order chi connectivity index (χ1) is 12.8. The van der Waals surface area contributed by atoms with Crippen molar-refractivity contribution in [2.75, 3.05) is 17.3 Å². The summed E-state index contributed by atoms with van der Waals surface area (Å²) in [6, 6.07) is 7.92. The lowest BCUT2D eigenvalue weighted by atomic mass is 10.3. The first-order valence-corrected chi connectivity index (χ1v) is 9.46. The van der Waals surface area contributed by atoms with E-state index in [4.69, 9.17) is 62.7 Å². The lowest BCUT2D eigenvalue weighted by Gasteiger charge is -2.18. The number of anilines is 2. The van der Waals surface area contributed by atoms with Gasteiger partial charge in [-0.15, -0.1) is 0 Å². The molecule has 0 heterocycles. The molecule has 0 saturated carbocycles. The van der Waals surface area contributed by atoms with Gasteiger partial charge < -0.3 is 10.1 Å². The van der Waals surface area contributed by atoms with E-state index >= 15 is 0 Å². The Hall–Kier alpha value is -1.50. The number of halogens is 5. The molecule has 0 aliphatic rings. The van der Waals surface area contributed by atoms with Gasteiger partial charge in [0.15, 0.2) is 0 Å². The number of carbonyl (C=O) groups excluding carboxylic acids is 1. The molecule has 2 aromatic carbocycles. The number of hydrogen-bond acceptors (Lipinski definition) is 5. The topological polar surface area (TPSA) is 62.4 Å². The van der Waals surface area contributed by atoms with E-state index in [1.54, 1.807) is 25.1 Å². The largest absolute Gasteiger partial charge is 0.463 e. The molecule has 0 fully saturated rings. The van der Waals surface area contributed by atoms with Gasteiger partial charge in [-0.25, -0.2) is 4.79 Å². The predicted octanol–water partition coefficient (Wildman–Crippen LogP) is 6.39. The summed E-state index contributed by atoms with van der Waals surface area (Å²) >= 11 is 30.2. The average molecular weight is 470 g/mol. The highest BCUT2D eigenvalue weighted by molar-refractivity contribution is 6.41. The van der Waals surface area contributed by atoms with Gasteiger partial charge >= 0.3 is 5.97 Å². The minimum atomic E-state index is -0.562. The van der Waals surface area contributed by atoms with Crippen LogP contribution in [0.2, 0.25) is 25.1 Å². The number of benzene rings is 2. The molecule has 3 N–H and O–H groups in total. The second-order valence-corrected chi connectivity index (χ2v) is 7.15. The fourth-order valence-electron chi connectivity index (χ4n) is 1.93. The first-order valence-electron chi connectivity index (χ1n) is 7.57. The Morgan fingerprint density at radius 3 is 2.22 bits per heavy atom. The fourth-order valence-corrected chi connectivity index (χ4v) is 3.30. The maximum atomic E-state index is 11.8. The van der Waals surface area contributed by atoms with Crippen molar-refractivity contribution in [2.24, 2.45) is 0 Å². The highest BCUT2D eigenvalue weighted by Crippen LogP contribution is 2.33. The molecule has 2 aromatic rings. The molecule has 0 aromatic heterocycles. The minimum Gasteiger partial charge on any atom is -0.463 e. The van der Waals surface area contributed by atoms with Gasteiger partial charge in [-0.1, -0.05) is 58.0 Å².